The van der Waals surface area contributed by atoms with Crippen LogP contribution in [-0.4, -0.2) is 11.5 Å². The topological polar surface area (TPSA) is 41.1 Å². The number of allylic oxidation sites excluding steroid dienone is 1. The van der Waals surface area contributed by atoms with E-state index < -0.39 is 0 Å². The van der Waals surface area contributed by atoms with Crippen molar-refractivity contribution in [1.29, 1.82) is 0 Å². The molecule has 0 aliphatic carbocycles. The summed E-state index contributed by atoms with van der Waals surface area (Å²) in [6.45, 7) is 8.44. The number of anilines is 3. The highest BCUT2D eigenvalue weighted by Crippen LogP contribution is 2.47. The van der Waals surface area contributed by atoms with Gasteiger partial charge in [0.05, 0.1) is 17.1 Å². The SMILES string of the molecule is C=CC/C(=N\C(=N/C(=C)c1ccccc1)c1ccccc1)c1cccc2c1oc1c(N(c3ccccc3)c3ccc4ccccc4c3)c3ccccc3cc12. The molecule has 55 heavy (non-hydrogen) atoms. The van der Waals surface area contributed by atoms with Gasteiger partial charge in [0, 0.05) is 45.1 Å². The van der Waals surface area contributed by atoms with E-state index in [4.69, 9.17) is 14.4 Å². The van der Waals surface area contributed by atoms with Crippen LogP contribution >= 0.6 is 0 Å². The van der Waals surface area contributed by atoms with Crippen molar-refractivity contribution in [2.24, 2.45) is 9.98 Å². The maximum atomic E-state index is 7.19. The first kappa shape index (κ1) is 33.5. The molecule has 0 amide bonds. The predicted molar refractivity (Wildman–Crippen MR) is 233 cm³/mol. The van der Waals surface area contributed by atoms with Gasteiger partial charge in [0.25, 0.3) is 0 Å². The minimum Gasteiger partial charge on any atom is -0.453 e. The average Bonchev–Trinajstić information content (AvgIpc) is 3.62. The van der Waals surface area contributed by atoms with Crippen molar-refractivity contribution in [3.8, 4) is 0 Å². The lowest BCUT2D eigenvalue weighted by Gasteiger charge is -2.27. The van der Waals surface area contributed by atoms with E-state index in [1.54, 1.807) is 0 Å². The summed E-state index contributed by atoms with van der Waals surface area (Å²) in [5, 5.41) is 6.61. The van der Waals surface area contributed by atoms with E-state index >= 15 is 0 Å². The van der Waals surface area contributed by atoms with Crippen molar-refractivity contribution < 1.29 is 4.42 Å². The molecule has 262 valence electrons. The van der Waals surface area contributed by atoms with E-state index in [2.05, 4.69) is 139 Å². The van der Waals surface area contributed by atoms with Gasteiger partial charge in [0.2, 0.25) is 0 Å². The van der Waals surface area contributed by atoms with E-state index in [1.807, 2.05) is 66.7 Å². The van der Waals surface area contributed by atoms with Crippen molar-refractivity contribution in [3.63, 3.8) is 0 Å². The maximum Gasteiger partial charge on any atom is 0.160 e. The number of nitrogens with zero attached hydrogens (tertiary/aromatic N) is 3. The summed E-state index contributed by atoms with van der Waals surface area (Å²) in [5.41, 5.74) is 8.75. The van der Waals surface area contributed by atoms with Crippen LogP contribution in [0.25, 0.3) is 49.2 Å². The molecule has 9 rings (SSSR count). The second-order valence-electron chi connectivity index (χ2n) is 13.5. The van der Waals surface area contributed by atoms with Crippen molar-refractivity contribution in [1.82, 2.24) is 0 Å². The zero-order valence-corrected chi connectivity index (χ0v) is 30.3. The third-order valence-electron chi connectivity index (χ3n) is 9.98. The number of benzene rings is 8. The Hall–Kier alpha value is -7.30. The Morgan fingerprint density at radius 3 is 1.91 bits per heavy atom. The maximum absolute atomic E-state index is 7.19. The molecule has 0 saturated carbocycles. The van der Waals surface area contributed by atoms with Crippen LogP contribution in [0, 0.1) is 0 Å². The smallest absolute Gasteiger partial charge is 0.160 e. The number of furan rings is 1. The van der Waals surface area contributed by atoms with Crippen molar-refractivity contribution in [3.05, 3.63) is 218 Å². The number of fused-ring (bicyclic) bond motifs is 5. The summed E-state index contributed by atoms with van der Waals surface area (Å²) in [4.78, 5) is 12.6. The molecule has 0 aliphatic heterocycles. The molecule has 0 bridgehead atoms. The number of aliphatic imine (C=N–C) groups is 2. The standard InChI is InChI=1S/C51H37N3O/c1-3-18-47(53-51(38-22-9-5-10-23-38)52-35(2)36-19-7-4-8-20-36)45-30-17-29-44-46-34-40-25-15-16-28-43(40)48(50(46)55-49(44)45)54(41-26-11-6-12-27-41)42-32-31-37-21-13-14-24-39(37)33-42/h3-17,19-34H,1-2,18H2/b52-51-,53-47+. The molecule has 9 aromatic rings. The summed E-state index contributed by atoms with van der Waals surface area (Å²) < 4.78 is 7.19. The number of hydrogen-bond donors (Lipinski definition) is 0. The molecule has 0 saturated heterocycles. The van der Waals surface area contributed by atoms with Crippen LogP contribution in [0.5, 0.6) is 0 Å². The van der Waals surface area contributed by atoms with Crippen LogP contribution in [0.3, 0.4) is 0 Å². The molecule has 4 nitrogen and oxygen atoms in total. The van der Waals surface area contributed by atoms with Gasteiger partial charge in [-0.2, -0.15) is 0 Å². The zero-order valence-electron chi connectivity index (χ0n) is 30.3. The minimum absolute atomic E-state index is 0.502. The third-order valence-corrected chi connectivity index (χ3v) is 9.98. The quantitative estimate of drug-likeness (QED) is 0.0851. The molecule has 0 aliphatic rings. The van der Waals surface area contributed by atoms with Crippen molar-refractivity contribution in [2.45, 2.75) is 6.42 Å². The van der Waals surface area contributed by atoms with Gasteiger partial charge in [-0.15, -0.1) is 6.58 Å². The highest BCUT2D eigenvalue weighted by molar-refractivity contribution is 6.24. The summed E-state index contributed by atoms with van der Waals surface area (Å²) >= 11 is 0. The van der Waals surface area contributed by atoms with E-state index in [-0.39, 0.29) is 0 Å². The van der Waals surface area contributed by atoms with Gasteiger partial charge in [0.1, 0.15) is 5.58 Å². The van der Waals surface area contributed by atoms with Crippen molar-refractivity contribution in [2.75, 3.05) is 4.90 Å². The largest absolute Gasteiger partial charge is 0.453 e. The molecule has 1 aromatic heterocycles. The van der Waals surface area contributed by atoms with Gasteiger partial charge in [-0.1, -0.05) is 158 Å². The molecular weight excluding hydrogens is 671 g/mol. The second-order valence-corrected chi connectivity index (χ2v) is 13.5. The van der Waals surface area contributed by atoms with Gasteiger partial charge >= 0.3 is 0 Å². The number of hydrogen-bond acceptors (Lipinski definition) is 3. The van der Waals surface area contributed by atoms with E-state index in [9.17, 15) is 0 Å². The lowest BCUT2D eigenvalue weighted by atomic mass is 9.99. The monoisotopic (exact) mass is 707 g/mol. The Balaban J connectivity index is 1.30. The van der Waals surface area contributed by atoms with E-state index in [1.165, 1.54) is 10.8 Å². The lowest BCUT2D eigenvalue weighted by molar-refractivity contribution is 0.668. The van der Waals surface area contributed by atoms with Crippen LogP contribution < -0.4 is 4.90 Å². The normalized spacial score (nSPS) is 12.1. The Bertz CT molecular complexity index is 2920. The Kier molecular flexibility index (Phi) is 8.91. The highest BCUT2D eigenvalue weighted by Gasteiger charge is 2.24. The molecule has 4 heteroatoms. The summed E-state index contributed by atoms with van der Waals surface area (Å²) in [7, 11) is 0. The van der Waals surface area contributed by atoms with Crippen LogP contribution in [0.1, 0.15) is 23.1 Å². The Labute approximate surface area is 320 Å². The summed E-state index contributed by atoms with van der Waals surface area (Å²) in [5.74, 6) is 0.567. The van der Waals surface area contributed by atoms with Crippen LogP contribution in [0.4, 0.5) is 17.1 Å². The fourth-order valence-electron chi connectivity index (χ4n) is 7.37. The van der Waals surface area contributed by atoms with Crippen LogP contribution in [0.2, 0.25) is 0 Å². The fourth-order valence-corrected chi connectivity index (χ4v) is 7.37. The minimum atomic E-state index is 0.502. The molecule has 0 N–H and O–H groups in total. The summed E-state index contributed by atoms with van der Waals surface area (Å²) in [6, 6.07) is 62.8. The average molecular weight is 708 g/mol. The van der Waals surface area contributed by atoms with Gasteiger partial charge < -0.3 is 9.32 Å². The van der Waals surface area contributed by atoms with Gasteiger partial charge in [-0.3, -0.25) is 0 Å². The first-order valence-corrected chi connectivity index (χ1v) is 18.4. The van der Waals surface area contributed by atoms with Crippen LogP contribution in [0.15, 0.2) is 216 Å². The molecule has 0 spiro atoms. The predicted octanol–water partition coefficient (Wildman–Crippen LogP) is 13.8. The summed E-state index contributed by atoms with van der Waals surface area (Å²) in [6.07, 6.45) is 2.38. The lowest BCUT2D eigenvalue weighted by Crippen LogP contribution is -2.10. The Morgan fingerprint density at radius 2 is 1.16 bits per heavy atom. The molecule has 1 heterocycles. The molecular formula is C51H37N3O. The highest BCUT2D eigenvalue weighted by atomic mass is 16.3. The van der Waals surface area contributed by atoms with E-state index in [0.717, 1.165) is 72.2 Å². The zero-order chi connectivity index (χ0) is 37.1. The molecule has 8 aromatic carbocycles. The Morgan fingerprint density at radius 1 is 0.527 bits per heavy atom. The first-order chi connectivity index (χ1) is 27.2. The number of rotatable bonds is 9. The van der Waals surface area contributed by atoms with E-state index in [0.29, 0.717) is 18.0 Å². The number of para-hydroxylation sites is 2. The van der Waals surface area contributed by atoms with Crippen LogP contribution in [-0.2, 0) is 0 Å². The molecule has 0 unspecified atom stereocenters. The molecule has 0 fully saturated rings. The molecule has 0 radical (unpaired) electrons. The van der Waals surface area contributed by atoms with Gasteiger partial charge in [0.15, 0.2) is 11.4 Å². The third kappa shape index (κ3) is 6.40. The fraction of sp³-hybridized carbons (Fsp3) is 0.0196. The first-order valence-electron chi connectivity index (χ1n) is 18.4. The number of amidine groups is 1. The molecule has 0 atom stereocenters. The van der Waals surface area contributed by atoms with Crippen molar-refractivity contribution >= 4 is 77.8 Å². The van der Waals surface area contributed by atoms with Gasteiger partial charge in [-0.05, 0) is 58.1 Å². The van der Waals surface area contributed by atoms with Gasteiger partial charge in [-0.25, -0.2) is 9.98 Å². The second kappa shape index (κ2) is 14.6.